The molecule has 1 saturated heterocycles. The third-order valence-electron chi connectivity index (χ3n) is 4.94. The molecule has 154 valence electrons. The van der Waals surface area contributed by atoms with Crippen LogP contribution in [0.15, 0.2) is 47.4 Å². The van der Waals surface area contributed by atoms with Crippen molar-refractivity contribution in [3.05, 3.63) is 63.2 Å². The highest BCUT2D eigenvalue weighted by molar-refractivity contribution is 7.89. The number of anilines is 1. The van der Waals surface area contributed by atoms with Gasteiger partial charge in [0, 0.05) is 29.4 Å². The number of sulfonamides is 1. The number of non-ortho nitro benzene ring substituents is 1. The van der Waals surface area contributed by atoms with Gasteiger partial charge in [-0.15, -0.1) is 0 Å². The molecular formula is C19H20ClN3O5S. The second-order valence-electron chi connectivity index (χ2n) is 6.78. The number of nitrogens with zero attached hydrogens (tertiary/aromatic N) is 2. The summed E-state index contributed by atoms with van der Waals surface area (Å²) < 4.78 is 27.4. The topological polar surface area (TPSA) is 110 Å². The van der Waals surface area contributed by atoms with Crippen LogP contribution in [0.25, 0.3) is 0 Å². The molecule has 1 aliphatic rings. The van der Waals surface area contributed by atoms with E-state index in [0.717, 1.165) is 18.6 Å². The molecule has 1 N–H and O–H groups in total. The lowest BCUT2D eigenvalue weighted by molar-refractivity contribution is -0.384. The Hall–Kier alpha value is -2.49. The van der Waals surface area contributed by atoms with E-state index in [1.807, 2.05) is 0 Å². The van der Waals surface area contributed by atoms with Crippen molar-refractivity contribution < 1.29 is 18.1 Å². The molecule has 29 heavy (non-hydrogen) atoms. The zero-order valence-electron chi connectivity index (χ0n) is 15.7. The fourth-order valence-corrected chi connectivity index (χ4v) is 5.12. The first-order chi connectivity index (χ1) is 13.7. The van der Waals surface area contributed by atoms with Gasteiger partial charge in [0.05, 0.1) is 9.82 Å². The van der Waals surface area contributed by atoms with Crippen molar-refractivity contribution >= 4 is 38.9 Å². The van der Waals surface area contributed by atoms with E-state index >= 15 is 0 Å². The largest absolute Gasteiger partial charge is 0.324 e. The Labute approximate surface area is 173 Å². The van der Waals surface area contributed by atoms with E-state index in [2.05, 4.69) is 5.32 Å². The number of nitro benzene ring substituents is 1. The molecule has 1 heterocycles. The van der Waals surface area contributed by atoms with Crippen LogP contribution in [0, 0.1) is 17.0 Å². The molecule has 0 aliphatic carbocycles. The number of nitrogens with one attached hydrogen (secondary N) is 1. The van der Waals surface area contributed by atoms with Gasteiger partial charge in [0.1, 0.15) is 6.04 Å². The van der Waals surface area contributed by atoms with Crippen LogP contribution >= 0.6 is 11.6 Å². The van der Waals surface area contributed by atoms with Crippen molar-refractivity contribution in [1.82, 2.24) is 4.31 Å². The molecule has 1 aliphatic heterocycles. The summed E-state index contributed by atoms with van der Waals surface area (Å²) in [7, 11) is -3.99. The molecule has 0 bridgehead atoms. The van der Waals surface area contributed by atoms with Crippen molar-refractivity contribution in [2.75, 3.05) is 11.9 Å². The zero-order chi connectivity index (χ0) is 21.2. The molecule has 0 saturated carbocycles. The highest BCUT2D eigenvalue weighted by Crippen LogP contribution is 2.29. The number of rotatable bonds is 5. The number of benzene rings is 2. The van der Waals surface area contributed by atoms with E-state index in [1.54, 1.807) is 25.1 Å². The molecule has 1 amide bonds. The van der Waals surface area contributed by atoms with E-state index in [0.29, 0.717) is 29.1 Å². The van der Waals surface area contributed by atoms with E-state index in [9.17, 15) is 23.3 Å². The molecule has 3 rings (SSSR count). The van der Waals surface area contributed by atoms with Gasteiger partial charge in [-0.25, -0.2) is 8.42 Å². The maximum absolute atomic E-state index is 13.1. The van der Waals surface area contributed by atoms with Crippen LogP contribution < -0.4 is 5.32 Å². The Kier molecular flexibility index (Phi) is 6.21. The third-order valence-corrected chi connectivity index (χ3v) is 7.27. The molecule has 8 nitrogen and oxygen atoms in total. The van der Waals surface area contributed by atoms with Gasteiger partial charge < -0.3 is 5.32 Å². The van der Waals surface area contributed by atoms with Crippen molar-refractivity contribution in [1.29, 1.82) is 0 Å². The fourth-order valence-electron chi connectivity index (χ4n) is 3.29. The summed E-state index contributed by atoms with van der Waals surface area (Å²) in [5, 5.41) is 14.1. The predicted octanol–water partition coefficient (Wildman–Crippen LogP) is 3.74. The standard InChI is InChI=1S/C19H20ClN3O5S/c1-13-16(20)5-4-6-17(13)21-19(24)18-7-2-3-12-22(18)29(27,28)15-10-8-14(9-11-15)23(25)26/h4-6,8-11,18H,2-3,7,12H2,1H3,(H,21,24). The van der Waals surface area contributed by atoms with Gasteiger partial charge in [-0.2, -0.15) is 4.31 Å². The molecule has 2 aromatic rings. The van der Waals surface area contributed by atoms with Crippen molar-refractivity contribution in [3.63, 3.8) is 0 Å². The highest BCUT2D eigenvalue weighted by atomic mass is 35.5. The molecule has 0 aromatic heterocycles. The minimum absolute atomic E-state index is 0.0817. The van der Waals surface area contributed by atoms with Crippen LogP contribution in [-0.2, 0) is 14.8 Å². The van der Waals surface area contributed by atoms with Gasteiger partial charge >= 0.3 is 0 Å². The minimum Gasteiger partial charge on any atom is -0.324 e. The van der Waals surface area contributed by atoms with Crippen LogP contribution in [0.3, 0.4) is 0 Å². The number of piperidine rings is 1. The number of carbonyl (C=O) groups excluding carboxylic acids is 1. The zero-order valence-corrected chi connectivity index (χ0v) is 17.2. The first kappa shape index (κ1) is 21.2. The monoisotopic (exact) mass is 437 g/mol. The van der Waals surface area contributed by atoms with E-state index in [-0.39, 0.29) is 17.1 Å². The Bertz CT molecular complexity index is 1040. The predicted molar refractivity (Wildman–Crippen MR) is 109 cm³/mol. The third kappa shape index (κ3) is 4.42. The quantitative estimate of drug-likeness (QED) is 0.566. The lowest BCUT2D eigenvalue weighted by Crippen LogP contribution is -2.49. The number of hydrogen-bond donors (Lipinski definition) is 1. The van der Waals surface area contributed by atoms with Gasteiger partial charge in [0.15, 0.2) is 0 Å². The van der Waals surface area contributed by atoms with Crippen molar-refractivity contribution in [2.45, 2.75) is 37.1 Å². The Balaban J connectivity index is 1.87. The molecule has 10 heteroatoms. The summed E-state index contributed by atoms with van der Waals surface area (Å²) in [6, 6.07) is 8.91. The van der Waals surface area contributed by atoms with Gasteiger partial charge in [-0.05, 0) is 49.6 Å². The van der Waals surface area contributed by atoms with Gasteiger partial charge in [-0.1, -0.05) is 24.1 Å². The first-order valence-corrected chi connectivity index (χ1v) is 10.9. The average molecular weight is 438 g/mol. The van der Waals surface area contributed by atoms with Crippen molar-refractivity contribution in [3.8, 4) is 0 Å². The Morgan fingerprint density at radius 2 is 1.90 bits per heavy atom. The average Bonchev–Trinajstić information content (AvgIpc) is 2.71. The minimum atomic E-state index is -3.99. The second kappa shape index (κ2) is 8.48. The second-order valence-corrected chi connectivity index (χ2v) is 9.08. The van der Waals surface area contributed by atoms with Crippen LogP contribution in [0.5, 0.6) is 0 Å². The summed E-state index contributed by atoms with van der Waals surface area (Å²) in [4.78, 5) is 23.0. The Morgan fingerprint density at radius 1 is 1.21 bits per heavy atom. The van der Waals surface area contributed by atoms with Crippen molar-refractivity contribution in [2.24, 2.45) is 0 Å². The molecule has 0 radical (unpaired) electrons. The number of amides is 1. The summed E-state index contributed by atoms with van der Waals surface area (Å²) in [5.74, 6) is -0.430. The van der Waals surface area contributed by atoms with Crippen LogP contribution in [0.4, 0.5) is 11.4 Å². The fraction of sp³-hybridized carbons (Fsp3) is 0.316. The number of carbonyl (C=O) groups is 1. The lowest BCUT2D eigenvalue weighted by Gasteiger charge is -2.33. The maximum atomic E-state index is 13.1. The highest BCUT2D eigenvalue weighted by Gasteiger charge is 2.38. The summed E-state index contributed by atoms with van der Waals surface area (Å²) in [5.41, 5.74) is 1.03. The molecular weight excluding hydrogens is 418 g/mol. The summed E-state index contributed by atoms with van der Waals surface area (Å²) in [6.45, 7) is 1.97. The van der Waals surface area contributed by atoms with Crippen LogP contribution in [0.1, 0.15) is 24.8 Å². The number of hydrogen-bond acceptors (Lipinski definition) is 5. The Morgan fingerprint density at radius 3 is 2.55 bits per heavy atom. The van der Waals surface area contributed by atoms with Crippen LogP contribution in [-0.4, -0.2) is 36.1 Å². The first-order valence-electron chi connectivity index (χ1n) is 9.04. The lowest BCUT2D eigenvalue weighted by atomic mass is 10.0. The normalized spacial score (nSPS) is 17.7. The molecule has 1 unspecified atom stereocenters. The molecule has 1 fully saturated rings. The SMILES string of the molecule is Cc1c(Cl)cccc1NC(=O)C1CCCCN1S(=O)(=O)c1ccc([N+](=O)[O-])cc1. The number of nitro groups is 1. The summed E-state index contributed by atoms with van der Waals surface area (Å²) >= 11 is 6.09. The van der Waals surface area contributed by atoms with E-state index in [1.165, 1.54) is 16.4 Å². The van der Waals surface area contributed by atoms with E-state index < -0.39 is 26.9 Å². The van der Waals surface area contributed by atoms with Gasteiger partial charge in [0.2, 0.25) is 15.9 Å². The van der Waals surface area contributed by atoms with Gasteiger partial charge in [-0.3, -0.25) is 14.9 Å². The number of halogens is 1. The maximum Gasteiger partial charge on any atom is 0.269 e. The molecule has 1 atom stereocenters. The van der Waals surface area contributed by atoms with E-state index in [4.69, 9.17) is 11.6 Å². The smallest absolute Gasteiger partial charge is 0.269 e. The van der Waals surface area contributed by atoms with Crippen LogP contribution in [0.2, 0.25) is 5.02 Å². The summed E-state index contributed by atoms with van der Waals surface area (Å²) in [6.07, 6.45) is 1.74. The molecule has 2 aromatic carbocycles. The van der Waals surface area contributed by atoms with Gasteiger partial charge in [0.25, 0.3) is 5.69 Å². The molecule has 0 spiro atoms.